The summed E-state index contributed by atoms with van der Waals surface area (Å²) in [6, 6.07) is 0.312. The van der Waals surface area contributed by atoms with Crippen molar-refractivity contribution >= 4 is 5.65 Å². The van der Waals surface area contributed by atoms with E-state index < -0.39 is 0 Å². The molecule has 0 amide bonds. The molecule has 1 aliphatic heterocycles. The molecule has 1 fully saturated rings. The Bertz CT molecular complexity index is 756. The Hall–Kier alpha value is -1.89. The second kappa shape index (κ2) is 6.93. The van der Waals surface area contributed by atoms with Gasteiger partial charge in [-0.05, 0) is 32.2 Å². The number of hydrogen-bond donors (Lipinski definition) is 1. The minimum absolute atomic E-state index is 0.104. The molecule has 0 spiro atoms. The minimum atomic E-state index is -0.285. The third kappa shape index (κ3) is 3.31. The van der Waals surface area contributed by atoms with Crippen LogP contribution in [0, 0.1) is 0 Å². The number of aryl methyl sites for hydroxylation is 1. The molecule has 7 nitrogen and oxygen atoms in total. The van der Waals surface area contributed by atoms with E-state index in [9.17, 15) is 4.79 Å². The SMILES string of the molecule is CCCc1nn2c(=O)[nH]c(OC3CCN(C)CC3)nc2c1C(C)C. The molecule has 3 heterocycles. The fourth-order valence-electron chi connectivity index (χ4n) is 3.31. The molecule has 1 aliphatic rings. The second-order valence-electron chi connectivity index (χ2n) is 6.97. The van der Waals surface area contributed by atoms with Gasteiger partial charge < -0.3 is 9.64 Å². The maximum absolute atomic E-state index is 12.4. The summed E-state index contributed by atoms with van der Waals surface area (Å²) >= 11 is 0. The van der Waals surface area contributed by atoms with Crippen LogP contribution in [0.4, 0.5) is 0 Å². The molecule has 24 heavy (non-hydrogen) atoms. The van der Waals surface area contributed by atoms with Crippen molar-refractivity contribution in [3.63, 3.8) is 0 Å². The molecular formula is C17H27N5O2. The number of nitrogens with one attached hydrogen (secondary N) is 1. The number of ether oxygens (including phenoxy) is 1. The highest BCUT2D eigenvalue weighted by Crippen LogP contribution is 2.24. The van der Waals surface area contributed by atoms with Gasteiger partial charge in [0.05, 0.1) is 5.69 Å². The molecule has 0 saturated carbocycles. The van der Waals surface area contributed by atoms with Gasteiger partial charge in [0, 0.05) is 18.7 Å². The van der Waals surface area contributed by atoms with E-state index in [4.69, 9.17) is 4.74 Å². The first-order valence-corrected chi connectivity index (χ1v) is 8.86. The Balaban J connectivity index is 1.96. The molecule has 0 unspecified atom stereocenters. The zero-order valence-corrected chi connectivity index (χ0v) is 15.0. The number of likely N-dealkylation sites (tertiary alicyclic amines) is 1. The van der Waals surface area contributed by atoms with Gasteiger partial charge in [-0.3, -0.25) is 4.98 Å². The molecule has 7 heteroatoms. The summed E-state index contributed by atoms with van der Waals surface area (Å²) in [4.78, 5) is 22.0. The lowest BCUT2D eigenvalue weighted by Crippen LogP contribution is -2.36. The van der Waals surface area contributed by atoms with Gasteiger partial charge in [-0.15, -0.1) is 0 Å². The predicted octanol–water partition coefficient (Wildman–Crippen LogP) is 1.97. The van der Waals surface area contributed by atoms with Crippen LogP contribution < -0.4 is 10.4 Å². The van der Waals surface area contributed by atoms with E-state index in [1.807, 2.05) is 0 Å². The first-order chi connectivity index (χ1) is 11.5. The van der Waals surface area contributed by atoms with Crippen LogP contribution >= 0.6 is 0 Å². The summed E-state index contributed by atoms with van der Waals surface area (Å²) in [7, 11) is 2.11. The van der Waals surface area contributed by atoms with Gasteiger partial charge in [-0.25, -0.2) is 4.79 Å². The quantitative estimate of drug-likeness (QED) is 0.905. The van der Waals surface area contributed by atoms with Crippen LogP contribution in [0.2, 0.25) is 0 Å². The Kier molecular flexibility index (Phi) is 4.89. The van der Waals surface area contributed by atoms with Crippen molar-refractivity contribution < 1.29 is 4.74 Å². The smallest absolute Gasteiger partial charge is 0.352 e. The number of rotatable bonds is 5. The first kappa shape index (κ1) is 17.0. The Labute approximate surface area is 142 Å². The van der Waals surface area contributed by atoms with Gasteiger partial charge in [0.15, 0.2) is 5.65 Å². The van der Waals surface area contributed by atoms with Gasteiger partial charge in [0.1, 0.15) is 6.10 Å². The maximum atomic E-state index is 12.4. The predicted molar refractivity (Wildman–Crippen MR) is 92.8 cm³/mol. The van der Waals surface area contributed by atoms with Crippen LogP contribution in [0.15, 0.2) is 4.79 Å². The molecule has 0 radical (unpaired) electrons. The molecular weight excluding hydrogens is 306 g/mol. The lowest BCUT2D eigenvalue weighted by molar-refractivity contribution is 0.105. The molecule has 0 aliphatic carbocycles. The number of H-pyrrole nitrogens is 1. The number of piperidine rings is 1. The van der Waals surface area contributed by atoms with E-state index in [1.54, 1.807) is 0 Å². The third-order valence-electron chi connectivity index (χ3n) is 4.59. The van der Waals surface area contributed by atoms with Gasteiger partial charge in [-0.2, -0.15) is 14.6 Å². The fourth-order valence-corrected chi connectivity index (χ4v) is 3.31. The van der Waals surface area contributed by atoms with Crippen LogP contribution in [0.25, 0.3) is 5.65 Å². The monoisotopic (exact) mass is 333 g/mol. The largest absolute Gasteiger partial charge is 0.461 e. The highest BCUT2D eigenvalue weighted by molar-refractivity contribution is 5.52. The van der Waals surface area contributed by atoms with Gasteiger partial charge in [-0.1, -0.05) is 27.2 Å². The van der Waals surface area contributed by atoms with Crippen molar-refractivity contribution in [1.29, 1.82) is 0 Å². The standard InChI is InChI=1S/C17H27N5O2/c1-5-6-13-14(11(2)3)15-18-16(19-17(23)22(15)20-13)24-12-7-9-21(4)10-8-12/h11-12H,5-10H2,1-4H3,(H,18,19,23). The molecule has 0 bridgehead atoms. The second-order valence-corrected chi connectivity index (χ2v) is 6.97. The van der Waals surface area contributed by atoms with Crippen LogP contribution in [0.3, 0.4) is 0 Å². The number of aromatic nitrogens is 4. The van der Waals surface area contributed by atoms with Gasteiger partial charge in [0.2, 0.25) is 0 Å². The minimum Gasteiger partial charge on any atom is -0.461 e. The summed E-state index contributed by atoms with van der Waals surface area (Å²) in [5.74, 6) is 0.259. The third-order valence-corrected chi connectivity index (χ3v) is 4.59. The molecule has 3 rings (SSSR count). The van der Waals surface area contributed by atoms with Crippen molar-refractivity contribution in [2.45, 2.75) is 58.5 Å². The van der Waals surface area contributed by atoms with E-state index in [1.165, 1.54) is 4.52 Å². The topological polar surface area (TPSA) is 75.5 Å². The van der Waals surface area contributed by atoms with E-state index in [-0.39, 0.29) is 17.7 Å². The van der Waals surface area contributed by atoms with Crippen LogP contribution in [-0.4, -0.2) is 50.7 Å². The Morgan fingerprint density at radius 3 is 2.67 bits per heavy atom. The summed E-state index contributed by atoms with van der Waals surface area (Å²) in [6.07, 6.45) is 3.83. The molecule has 2 aromatic rings. The zero-order valence-electron chi connectivity index (χ0n) is 15.0. The number of hydrogen-bond acceptors (Lipinski definition) is 5. The number of aromatic amines is 1. The maximum Gasteiger partial charge on any atom is 0.352 e. The summed E-state index contributed by atoms with van der Waals surface area (Å²) in [5, 5.41) is 4.47. The Morgan fingerprint density at radius 1 is 1.33 bits per heavy atom. The number of nitrogens with zero attached hydrogens (tertiary/aromatic N) is 4. The van der Waals surface area contributed by atoms with Crippen LogP contribution in [0.5, 0.6) is 6.01 Å². The first-order valence-electron chi connectivity index (χ1n) is 8.86. The average Bonchev–Trinajstić information content (AvgIpc) is 2.89. The molecule has 1 saturated heterocycles. The average molecular weight is 333 g/mol. The summed E-state index contributed by atoms with van der Waals surface area (Å²) in [6.45, 7) is 8.33. The number of fused-ring (bicyclic) bond motifs is 1. The Morgan fingerprint density at radius 2 is 2.04 bits per heavy atom. The molecule has 0 atom stereocenters. The van der Waals surface area contributed by atoms with Crippen molar-refractivity contribution in [2.24, 2.45) is 0 Å². The van der Waals surface area contributed by atoms with Crippen LogP contribution in [0.1, 0.15) is 57.2 Å². The molecule has 2 aromatic heterocycles. The highest BCUT2D eigenvalue weighted by atomic mass is 16.5. The highest BCUT2D eigenvalue weighted by Gasteiger charge is 2.22. The fraction of sp³-hybridized carbons (Fsp3) is 0.706. The van der Waals surface area contributed by atoms with Crippen molar-refractivity contribution in [3.8, 4) is 6.01 Å². The van der Waals surface area contributed by atoms with Crippen molar-refractivity contribution in [3.05, 3.63) is 21.7 Å². The van der Waals surface area contributed by atoms with Crippen LogP contribution in [-0.2, 0) is 6.42 Å². The van der Waals surface area contributed by atoms with E-state index in [0.29, 0.717) is 11.7 Å². The van der Waals surface area contributed by atoms with E-state index in [2.05, 4.69) is 47.8 Å². The zero-order chi connectivity index (χ0) is 17.3. The molecule has 132 valence electrons. The summed E-state index contributed by atoms with van der Waals surface area (Å²) < 4.78 is 7.34. The van der Waals surface area contributed by atoms with Gasteiger partial charge in [0.25, 0.3) is 6.01 Å². The van der Waals surface area contributed by atoms with E-state index in [0.717, 1.165) is 50.0 Å². The van der Waals surface area contributed by atoms with Crippen molar-refractivity contribution in [2.75, 3.05) is 20.1 Å². The van der Waals surface area contributed by atoms with Gasteiger partial charge >= 0.3 is 5.69 Å². The molecule has 0 aromatic carbocycles. The lowest BCUT2D eigenvalue weighted by Gasteiger charge is -2.28. The lowest BCUT2D eigenvalue weighted by atomic mass is 10.0. The van der Waals surface area contributed by atoms with Crippen molar-refractivity contribution in [1.82, 2.24) is 24.5 Å². The molecule has 1 N–H and O–H groups in total. The normalized spacial score (nSPS) is 17.0. The van der Waals surface area contributed by atoms with E-state index >= 15 is 0 Å². The summed E-state index contributed by atoms with van der Waals surface area (Å²) in [5.41, 5.74) is 2.35.